The Balaban J connectivity index is 3.09. The largest absolute Gasteiger partial charge is 0.495 e. The summed E-state index contributed by atoms with van der Waals surface area (Å²) in [7, 11) is -0.770. The highest BCUT2D eigenvalue weighted by atomic mass is 32.2. The number of carbonyl (C=O) groups is 1. The molecule has 1 atom stereocenters. The maximum atomic E-state index is 12.2. The Hall–Kier alpha value is -1.64. The molecule has 0 aliphatic heterocycles. The first kappa shape index (κ1) is 17.4. The van der Waals surface area contributed by atoms with Crippen molar-refractivity contribution in [3.05, 3.63) is 18.2 Å². The first-order chi connectivity index (χ1) is 9.80. The van der Waals surface area contributed by atoms with E-state index in [1.165, 1.54) is 39.3 Å². The molecule has 0 saturated carbocycles. The van der Waals surface area contributed by atoms with Gasteiger partial charge >= 0.3 is 0 Å². The fourth-order valence-electron chi connectivity index (χ4n) is 1.76. The number of hydrogen-bond acceptors (Lipinski definition) is 5. The second-order valence-corrected chi connectivity index (χ2v) is 6.23. The molecule has 0 bridgehead atoms. The van der Waals surface area contributed by atoms with Gasteiger partial charge < -0.3 is 14.8 Å². The van der Waals surface area contributed by atoms with Crippen LogP contribution in [-0.2, 0) is 19.6 Å². The van der Waals surface area contributed by atoms with Crippen LogP contribution in [0.15, 0.2) is 23.1 Å². The van der Waals surface area contributed by atoms with Crippen molar-refractivity contribution in [2.45, 2.75) is 24.8 Å². The van der Waals surface area contributed by atoms with Crippen molar-refractivity contribution >= 4 is 21.6 Å². The first-order valence-electron chi connectivity index (χ1n) is 6.27. The van der Waals surface area contributed by atoms with E-state index < -0.39 is 10.0 Å². The van der Waals surface area contributed by atoms with Gasteiger partial charge in [0.1, 0.15) is 5.75 Å². The predicted octanol–water partition coefficient (Wildman–Crippen LogP) is 0.967. The normalized spacial score (nSPS) is 12.8. The molecule has 0 spiro atoms. The van der Waals surface area contributed by atoms with Crippen LogP contribution in [0.1, 0.15) is 13.8 Å². The molecule has 1 aromatic rings. The molecule has 2 N–H and O–H groups in total. The van der Waals surface area contributed by atoms with Crippen molar-refractivity contribution in [1.82, 2.24) is 4.72 Å². The number of anilines is 1. The molecule has 0 fully saturated rings. The van der Waals surface area contributed by atoms with Gasteiger partial charge in [0.15, 0.2) is 0 Å². The maximum Gasteiger partial charge on any atom is 0.240 e. The monoisotopic (exact) mass is 316 g/mol. The molecule has 1 aromatic carbocycles. The molecule has 0 aliphatic carbocycles. The van der Waals surface area contributed by atoms with Crippen LogP contribution in [0.4, 0.5) is 5.69 Å². The zero-order valence-electron chi connectivity index (χ0n) is 12.5. The van der Waals surface area contributed by atoms with E-state index in [1.54, 1.807) is 6.92 Å². The van der Waals surface area contributed by atoms with E-state index in [2.05, 4.69) is 10.0 Å². The Bertz CT molecular complexity index is 601. The third kappa shape index (κ3) is 5.00. The summed E-state index contributed by atoms with van der Waals surface area (Å²) in [6.45, 7) is 3.28. The van der Waals surface area contributed by atoms with E-state index >= 15 is 0 Å². The molecule has 21 heavy (non-hydrogen) atoms. The van der Waals surface area contributed by atoms with E-state index in [-0.39, 0.29) is 23.5 Å². The number of amides is 1. The second kappa shape index (κ2) is 7.39. The van der Waals surface area contributed by atoms with Crippen LogP contribution in [0, 0.1) is 0 Å². The summed E-state index contributed by atoms with van der Waals surface area (Å²) < 4.78 is 36.9. The number of nitrogens with one attached hydrogen (secondary N) is 2. The predicted molar refractivity (Wildman–Crippen MR) is 79.0 cm³/mol. The Morgan fingerprint density at radius 1 is 1.33 bits per heavy atom. The number of carbonyl (C=O) groups excluding carboxylic acids is 1. The summed E-state index contributed by atoms with van der Waals surface area (Å²) in [5.41, 5.74) is 0.298. The first-order valence-corrected chi connectivity index (χ1v) is 7.75. The van der Waals surface area contributed by atoms with Gasteiger partial charge in [-0.3, -0.25) is 4.79 Å². The standard InChI is InChI=1S/C13H20N2O5S/c1-9(8-19-3)15-21(17,18)11-5-6-13(20-4)12(7-11)14-10(2)16/h5-7,9,15H,8H2,1-4H3,(H,14,16)/t9-/m1/s1. The molecular formula is C13H20N2O5S. The summed E-state index contributed by atoms with van der Waals surface area (Å²) in [5.74, 6) is 0.0673. The average molecular weight is 316 g/mol. The van der Waals surface area contributed by atoms with Crippen molar-refractivity contribution in [1.29, 1.82) is 0 Å². The van der Waals surface area contributed by atoms with Crippen molar-refractivity contribution < 1.29 is 22.7 Å². The zero-order valence-corrected chi connectivity index (χ0v) is 13.3. The molecule has 0 aliphatic rings. The Labute approximate surface area is 124 Å². The van der Waals surface area contributed by atoms with Gasteiger partial charge in [-0.1, -0.05) is 0 Å². The third-order valence-electron chi connectivity index (χ3n) is 2.56. The van der Waals surface area contributed by atoms with Crippen molar-refractivity contribution in [2.75, 3.05) is 26.1 Å². The molecule has 1 rings (SSSR count). The fourth-order valence-corrected chi connectivity index (χ4v) is 3.01. The second-order valence-electron chi connectivity index (χ2n) is 4.52. The quantitative estimate of drug-likeness (QED) is 0.781. The van der Waals surface area contributed by atoms with Crippen LogP contribution >= 0.6 is 0 Å². The van der Waals surface area contributed by atoms with Crippen molar-refractivity contribution in [3.8, 4) is 5.75 Å². The Kier molecular flexibility index (Phi) is 6.13. The molecule has 1 amide bonds. The van der Waals surface area contributed by atoms with Crippen LogP contribution in [0.5, 0.6) is 5.75 Å². The minimum atomic E-state index is -3.70. The molecule has 0 unspecified atom stereocenters. The number of methoxy groups -OCH3 is 2. The van der Waals surface area contributed by atoms with Gasteiger partial charge in [-0.15, -0.1) is 0 Å². The minimum Gasteiger partial charge on any atom is -0.495 e. The lowest BCUT2D eigenvalue weighted by atomic mass is 10.3. The summed E-state index contributed by atoms with van der Waals surface area (Å²) in [6.07, 6.45) is 0. The Morgan fingerprint density at radius 2 is 2.00 bits per heavy atom. The molecule has 8 heteroatoms. The molecule has 118 valence electrons. The molecule has 0 heterocycles. The van der Waals surface area contributed by atoms with Crippen LogP contribution in [0.25, 0.3) is 0 Å². The maximum absolute atomic E-state index is 12.2. The number of benzene rings is 1. The van der Waals surface area contributed by atoms with Crippen molar-refractivity contribution in [2.24, 2.45) is 0 Å². The minimum absolute atomic E-state index is 0.0370. The SMILES string of the molecule is COC[C@@H](C)NS(=O)(=O)c1ccc(OC)c(NC(C)=O)c1. The number of ether oxygens (including phenoxy) is 2. The number of rotatable bonds is 7. The molecular weight excluding hydrogens is 296 g/mol. The van der Waals surface area contributed by atoms with Gasteiger partial charge in [-0.25, -0.2) is 13.1 Å². The summed E-state index contributed by atoms with van der Waals surface area (Å²) in [5, 5.41) is 2.53. The zero-order chi connectivity index (χ0) is 16.0. The van der Waals surface area contributed by atoms with Gasteiger partial charge in [0.2, 0.25) is 15.9 Å². The van der Waals surface area contributed by atoms with Crippen LogP contribution in [-0.4, -0.2) is 41.2 Å². The highest BCUT2D eigenvalue weighted by molar-refractivity contribution is 7.89. The lowest BCUT2D eigenvalue weighted by Gasteiger charge is -2.15. The van der Waals surface area contributed by atoms with Crippen molar-refractivity contribution in [3.63, 3.8) is 0 Å². The van der Waals surface area contributed by atoms with E-state index in [0.29, 0.717) is 11.4 Å². The highest BCUT2D eigenvalue weighted by Gasteiger charge is 2.19. The third-order valence-corrected chi connectivity index (χ3v) is 4.15. The summed E-state index contributed by atoms with van der Waals surface area (Å²) in [4.78, 5) is 11.2. The molecule has 0 aromatic heterocycles. The smallest absolute Gasteiger partial charge is 0.240 e. The van der Waals surface area contributed by atoms with Gasteiger partial charge in [0.25, 0.3) is 0 Å². The summed E-state index contributed by atoms with van der Waals surface area (Å²) >= 11 is 0. The number of hydrogen-bond donors (Lipinski definition) is 2. The topological polar surface area (TPSA) is 93.7 Å². The van der Waals surface area contributed by atoms with Gasteiger partial charge in [-0.2, -0.15) is 0 Å². The van der Waals surface area contributed by atoms with E-state index in [0.717, 1.165) is 0 Å². The lowest BCUT2D eigenvalue weighted by Crippen LogP contribution is -2.35. The van der Waals surface area contributed by atoms with Crippen LogP contribution in [0.2, 0.25) is 0 Å². The highest BCUT2D eigenvalue weighted by Crippen LogP contribution is 2.27. The van der Waals surface area contributed by atoms with E-state index in [4.69, 9.17) is 9.47 Å². The average Bonchev–Trinajstić information content (AvgIpc) is 2.37. The van der Waals surface area contributed by atoms with E-state index in [9.17, 15) is 13.2 Å². The van der Waals surface area contributed by atoms with Gasteiger partial charge in [0, 0.05) is 20.1 Å². The van der Waals surface area contributed by atoms with E-state index in [1.807, 2.05) is 0 Å². The lowest BCUT2D eigenvalue weighted by molar-refractivity contribution is -0.114. The molecule has 0 saturated heterocycles. The van der Waals surface area contributed by atoms with Gasteiger partial charge in [-0.05, 0) is 25.1 Å². The van der Waals surface area contributed by atoms with Crippen LogP contribution in [0.3, 0.4) is 0 Å². The molecule has 7 nitrogen and oxygen atoms in total. The van der Waals surface area contributed by atoms with Gasteiger partial charge in [0.05, 0.1) is 24.3 Å². The fraction of sp³-hybridized carbons (Fsp3) is 0.462. The Morgan fingerprint density at radius 3 is 2.52 bits per heavy atom. The number of sulfonamides is 1. The molecule has 0 radical (unpaired) electrons. The summed E-state index contributed by atoms with van der Waals surface area (Å²) in [6, 6.07) is 3.88. The van der Waals surface area contributed by atoms with Crippen LogP contribution < -0.4 is 14.8 Å².